The molecule has 14 heavy (non-hydrogen) atoms. The molecule has 0 unspecified atom stereocenters. The van der Waals surface area contributed by atoms with E-state index in [2.05, 4.69) is 6.58 Å². The van der Waals surface area contributed by atoms with Crippen molar-refractivity contribution in [2.24, 2.45) is 0 Å². The van der Waals surface area contributed by atoms with E-state index in [1.54, 1.807) is 0 Å². The lowest BCUT2D eigenvalue weighted by Crippen LogP contribution is -2.42. The zero-order chi connectivity index (χ0) is 10.7. The molecule has 1 saturated heterocycles. The van der Waals surface area contributed by atoms with Crippen LogP contribution in [0.4, 0.5) is 0 Å². The molecule has 0 aromatic rings. The minimum atomic E-state index is -1.69. The van der Waals surface area contributed by atoms with E-state index < -0.39 is 17.7 Å². The molecule has 0 spiro atoms. The number of hydrogen-bond donors (Lipinski definition) is 1. The Balaban J connectivity index is 2.58. The van der Waals surface area contributed by atoms with Crippen LogP contribution in [0.3, 0.4) is 0 Å². The molecule has 1 amide bonds. The second kappa shape index (κ2) is 4.04. The van der Waals surface area contributed by atoms with Gasteiger partial charge in [0, 0.05) is 13.1 Å². The number of carboxylic acids is 1. The van der Waals surface area contributed by atoms with Crippen LogP contribution in [-0.2, 0) is 14.4 Å². The molecule has 1 aliphatic rings. The van der Waals surface area contributed by atoms with Crippen LogP contribution >= 0.6 is 0 Å². The highest BCUT2D eigenvalue weighted by Gasteiger charge is 2.28. The van der Waals surface area contributed by atoms with Gasteiger partial charge in [-0.15, -0.1) is 0 Å². The molecule has 1 aliphatic heterocycles. The van der Waals surface area contributed by atoms with Crippen molar-refractivity contribution in [1.29, 1.82) is 0 Å². The Morgan fingerprint density at radius 2 is 1.71 bits per heavy atom. The van der Waals surface area contributed by atoms with Gasteiger partial charge in [0.15, 0.2) is 0 Å². The number of carbonyl (C=O) groups is 3. The number of likely N-dealkylation sites (tertiary alicyclic amines) is 1. The molecule has 1 heterocycles. The number of amides is 1. The van der Waals surface area contributed by atoms with Crippen LogP contribution in [0.2, 0.25) is 0 Å². The van der Waals surface area contributed by atoms with Crippen molar-refractivity contribution in [3.8, 4) is 0 Å². The van der Waals surface area contributed by atoms with Gasteiger partial charge in [0.1, 0.15) is 0 Å². The quantitative estimate of drug-likeness (QED) is 0.378. The molecule has 0 saturated carbocycles. The first kappa shape index (κ1) is 10.4. The molecule has 0 radical (unpaired) electrons. The van der Waals surface area contributed by atoms with Crippen LogP contribution in [0.5, 0.6) is 0 Å². The van der Waals surface area contributed by atoms with Crippen LogP contribution in [0.1, 0.15) is 12.8 Å². The Kier molecular flexibility index (Phi) is 3.01. The molecule has 1 N–H and O–H groups in total. The number of ketones is 1. The van der Waals surface area contributed by atoms with Crippen molar-refractivity contribution < 1.29 is 19.5 Å². The molecule has 0 aromatic carbocycles. The van der Waals surface area contributed by atoms with E-state index in [1.807, 2.05) is 0 Å². The third-order valence-electron chi connectivity index (χ3n) is 2.15. The molecule has 5 heteroatoms. The molecular weight excluding hydrogens is 186 g/mol. The van der Waals surface area contributed by atoms with Crippen LogP contribution in [0.15, 0.2) is 12.2 Å². The minimum Gasteiger partial charge on any atom is -0.475 e. The Morgan fingerprint density at radius 1 is 1.21 bits per heavy atom. The first-order valence-corrected chi connectivity index (χ1v) is 4.25. The summed E-state index contributed by atoms with van der Waals surface area (Å²) < 4.78 is 0. The van der Waals surface area contributed by atoms with Gasteiger partial charge in [-0.25, -0.2) is 4.79 Å². The number of piperidine rings is 1. The maximum absolute atomic E-state index is 11.2. The summed E-state index contributed by atoms with van der Waals surface area (Å²) >= 11 is 0. The van der Waals surface area contributed by atoms with E-state index in [1.165, 1.54) is 4.90 Å². The van der Waals surface area contributed by atoms with Crippen molar-refractivity contribution in [3.05, 3.63) is 12.2 Å². The summed E-state index contributed by atoms with van der Waals surface area (Å²) in [6.45, 7) is 4.52. The van der Waals surface area contributed by atoms with Crippen LogP contribution in [-0.4, -0.2) is 40.8 Å². The Labute approximate surface area is 81.0 Å². The molecule has 1 fully saturated rings. The van der Waals surface area contributed by atoms with Gasteiger partial charge in [-0.3, -0.25) is 9.59 Å². The number of aliphatic carboxylic acids is 1. The average Bonchev–Trinajstić information content (AvgIpc) is 2.16. The maximum Gasteiger partial charge on any atom is 0.382 e. The number of hydrogen-bond acceptors (Lipinski definition) is 3. The van der Waals surface area contributed by atoms with Crippen LogP contribution < -0.4 is 0 Å². The molecule has 5 nitrogen and oxygen atoms in total. The van der Waals surface area contributed by atoms with Gasteiger partial charge in [-0.2, -0.15) is 0 Å². The topological polar surface area (TPSA) is 74.7 Å². The van der Waals surface area contributed by atoms with Crippen molar-refractivity contribution >= 4 is 17.7 Å². The smallest absolute Gasteiger partial charge is 0.382 e. The van der Waals surface area contributed by atoms with Gasteiger partial charge in [0.2, 0.25) is 0 Å². The Morgan fingerprint density at radius 3 is 2.14 bits per heavy atom. The molecular formula is C9H11NO4. The number of rotatable bonds is 2. The summed E-state index contributed by atoms with van der Waals surface area (Å²) in [6.07, 6.45) is 1.28. The number of carboxylic acid groups (broad SMARTS) is 1. The van der Waals surface area contributed by atoms with Crippen molar-refractivity contribution in [2.75, 3.05) is 13.1 Å². The van der Waals surface area contributed by atoms with E-state index in [9.17, 15) is 14.4 Å². The Bertz CT molecular complexity index is 298. The van der Waals surface area contributed by atoms with Crippen molar-refractivity contribution in [1.82, 2.24) is 4.90 Å². The van der Waals surface area contributed by atoms with Crippen LogP contribution in [0, 0.1) is 0 Å². The fourth-order valence-electron chi connectivity index (χ4n) is 1.26. The van der Waals surface area contributed by atoms with Crippen molar-refractivity contribution in [3.63, 3.8) is 0 Å². The minimum absolute atomic E-state index is 0.386. The predicted molar refractivity (Wildman–Crippen MR) is 47.6 cm³/mol. The summed E-state index contributed by atoms with van der Waals surface area (Å²) in [6, 6.07) is 0. The fraction of sp³-hybridized carbons (Fsp3) is 0.444. The van der Waals surface area contributed by atoms with Crippen LogP contribution in [0.25, 0.3) is 0 Å². The lowest BCUT2D eigenvalue weighted by atomic mass is 10.1. The lowest BCUT2D eigenvalue weighted by molar-refractivity contribution is -0.156. The molecule has 0 aliphatic carbocycles. The summed E-state index contributed by atoms with van der Waals surface area (Å²) in [7, 11) is 0. The fourth-order valence-corrected chi connectivity index (χ4v) is 1.26. The second-order valence-corrected chi connectivity index (χ2v) is 3.18. The van der Waals surface area contributed by atoms with Gasteiger partial charge in [0.25, 0.3) is 0 Å². The third kappa shape index (κ3) is 2.18. The standard InChI is InChI=1S/C9H11NO4/c1-6-2-4-10(5-3-6)8(12)7(11)9(13)14/h1-5H2,(H,13,14). The first-order valence-electron chi connectivity index (χ1n) is 4.25. The zero-order valence-electron chi connectivity index (χ0n) is 7.65. The molecule has 0 aromatic heterocycles. The lowest BCUT2D eigenvalue weighted by Gasteiger charge is -2.26. The van der Waals surface area contributed by atoms with Gasteiger partial charge in [0.05, 0.1) is 0 Å². The predicted octanol–water partition coefficient (Wildman–Crippen LogP) is -0.181. The van der Waals surface area contributed by atoms with E-state index in [4.69, 9.17) is 5.11 Å². The number of nitrogens with zero attached hydrogens (tertiary/aromatic N) is 1. The summed E-state index contributed by atoms with van der Waals surface area (Å²) in [5.41, 5.74) is 1.02. The van der Waals surface area contributed by atoms with Gasteiger partial charge < -0.3 is 10.0 Å². The SMILES string of the molecule is C=C1CCN(C(=O)C(=O)C(=O)O)CC1. The van der Waals surface area contributed by atoms with E-state index >= 15 is 0 Å². The van der Waals surface area contributed by atoms with Gasteiger partial charge >= 0.3 is 17.7 Å². The largest absolute Gasteiger partial charge is 0.475 e. The molecule has 0 atom stereocenters. The second-order valence-electron chi connectivity index (χ2n) is 3.18. The average molecular weight is 197 g/mol. The summed E-state index contributed by atoms with van der Waals surface area (Å²) in [4.78, 5) is 33.5. The highest BCUT2D eigenvalue weighted by Crippen LogP contribution is 2.13. The summed E-state index contributed by atoms with van der Waals surface area (Å²) in [5.74, 6) is -3.98. The molecule has 0 bridgehead atoms. The normalized spacial score (nSPS) is 16.6. The van der Waals surface area contributed by atoms with Gasteiger partial charge in [-0.1, -0.05) is 12.2 Å². The third-order valence-corrected chi connectivity index (χ3v) is 2.15. The molecule has 1 rings (SSSR count). The highest BCUT2D eigenvalue weighted by atomic mass is 16.4. The number of Topliss-reactive ketones (excluding diaryl/α,β-unsaturated/α-hetero) is 1. The van der Waals surface area contributed by atoms with E-state index in [0.29, 0.717) is 25.9 Å². The zero-order valence-corrected chi connectivity index (χ0v) is 7.65. The highest BCUT2D eigenvalue weighted by molar-refractivity contribution is 6.61. The Hall–Kier alpha value is -1.65. The van der Waals surface area contributed by atoms with E-state index in [-0.39, 0.29) is 0 Å². The molecule has 76 valence electrons. The summed E-state index contributed by atoms with van der Waals surface area (Å²) in [5, 5.41) is 8.32. The van der Waals surface area contributed by atoms with Crippen molar-refractivity contribution in [2.45, 2.75) is 12.8 Å². The van der Waals surface area contributed by atoms with Gasteiger partial charge in [-0.05, 0) is 12.8 Å². The first-order chi connectivity index (χ1) is 6.52. The monoisotopic (exact) mass is 197 g/mol. The van der Waals surface area contributed by atoms with E-state index in [0.717, 1.165) is 5.57 Å². The maximum atomic E-state index is 11.2. The number of carbonyl (C=O) groups excluding carboxylic acids is 2.